The molecule has 0 radical (unpaired) electrons. The van der Waals surface area contributed by atoms with E-state index in [0.717, 1.165) is 12.1 Å². The minimum Gasteiger partial charge on any atom is -0.352 e. The summed E-state index contributed by atoms with van der Waals surface area (Å²) in [5, 5.41) is 7.91. The van der Waals surface area contributed by atoms with Gasteiger partial charge >= 0.3 is 0 Å². The SMILES string of the molecule is CN=C(NCC(=O)Nc1ccc(F)c(F)c1F)NC(C)(C)C. The summed E-state index contributed by atoms with van der Waals surface area (Å²) < 4.78 is 39.3. The summed E-state index contributed by atoms with van der Waals surface area (Å²) in [4.78, 5) is 15.6. The summed E-state index contributed by atoms with van der Waals surface area (Å²) in [6.07, 6.45) is 0. The molecule has 0 spiro atoms. The Bertz CT molecular complexity index is 582. The number of nitrogens with zero attached hydrogens (tertiary/aromatic N) is 1. The van der Waals surface area contributed by atoms with E-state index < -0.39 is 29.0 Å². The Labute approximate surface area is 127 Å². The molecular formula is C14H19F3N4O. The van der Waals surface area contributed by atoms with Gasteiger partial charge in [-0.1, -0.05) is 0 Å². The van der Waals surface area contributed by atoms with Crippen molar-refractivity contribution in [3.63, 3.8) is 0 Å². The molecule has 0 unspecified atom stereocenters. The first-order valence-electron chi connectivity index (χ1n) is 6.56. The fourth-order valence-corrected chi connectivity index (χ4v) is 1.52. The largest absolute Gasteiger partial charge is 0.352 e. The van der Waals surface area contributed by atoms with E-state index >= 15 is 0 Å². The second-order valence-corrected chi connectivity index (χ2v) is 5.57. The molecule has 122 valence electrons. The number of halogens is 3. The van der Waals surface area contributed by atoms with Gasteiger partial charge in [0.25, 0.3) is 0 Å². The number of nitrogens with one attached hydrogen (secondary N) is 3. The van der Waals surface area contributed by atoms with Gasteiger partial charge in [0, 0.05) is 12.6 Å². The summed E-state index contributed by atoms with van der Waals surface area (Å²) in [5.41, 5.74) is -0.686. The zero-order chi connectivity index (χ0) is 16.9. The van der Waals surface area contributed by atoms with Crippen LogP contribution in [0.25, 0.3) is 0 Å². The highest BCUT2D eigenvalue weighted by Gasteiger charge is 2.16. The van der Waals surface area contributed by atoms with Crippen LogP contribution in [-0.2, 0) is 4.79 Å². The Morgan fingerprint density at radius 2 is 1.82 bits per heavy atom. The van der Waals surface area contributed by atoms with Crippen LogP contribution in [0.5, 0.6) is 0 Å². The monoisotopic (exact) mass is 316 g/mol. The molecule has 1 amide bonds. The van der Waals surface area contributed by atoms with E-state index in [4.69, 9.17) is 0 Å². The van der Waals surface area contributed by atoms with Crippen molar-refractivity contribution in [3.05, 3.63) is 29.6 Å². The minimum absolute atomic E-state index is 0.214. The van der Waals surface area contributed by atoms with Gasteiger partial charge in [-0.05, 0) is 32.9 Å². The van der Waals surface area contributed by atoms with Crippen LogP contribution in [0.1, 0.15) is 20.8 Å². The molecule has 0 aliphatic rings. The van der Waals surface area contributed by atoms with Crippen molar-refractivity contribution in [1.29, 1.82) is 0 Å². The molecule has 0 aliphatic carbocycles. The van der Waals surface area contributed by atoms with Crippen molar-refractivity contribution in [1.82, 2.24) is 10.6 Å². The molecule has 3 N–H and O–H groups in total. The average Bonchev–Trinajstić information content (AvgIpc) is 2.43. The van der Waals surface area contributed by atoms with E-state index in [1.165, 1.54) is 7.05 Å². The predicted molar refractivity (Wildman–Crippen MR) is 79.2 cm³/mol. The number of benzene rings is 1. The summed E-state index contributed by atoms with van der Waals surface area (Å²) in [5.74, 6) is -4.62. The predicted octanol–water partition coefficient (Wildman–Crippen LogP) is 2.01. The van der Waals surface area contributed by atoms with E-state index in [2.05, 4.69) is 20.9 Å². The molecule has 0 aliphatic heterocycles. The Morgan fingerprint density at radius 3 is 2.36 bits per heavy atom. The fraction of sp³-hybridized carbons (Fsp3) is 0.429. The van der Waals surface area contributed by atoms with Crippen LogP contribution in [0.4, 0.5) is 18.9 Å². The first kappa shape index (κ1) is 17.8. The highest BCUT2D eigenvalue weighted by Crippen LogP contribution is 2.19. The lowest BCUT2D eigenvalue weighted by Crippen LogP contribution is -2.49. The maximum absolute atomic E-state index is 13.4. The maximum atomic E-state index is 13.4. The fourth-order valence-electron chi connectivity index (χ4n) is 1.52. The standard InChI is InChI=1S/C14H19F3N4O/c1-14(2,3)21-13(18-4)19-7-10(22)20-9-6-5-8(15)11(16)12(9)17/h5-6H,7H2,1-4H3,(H,20,22)(H2,18,19,21). The number of aliphatic imine (C=N–C) groups is 1. The number of carbonyl (C=O) groups is 1. The average molecular weight is 316 g/mol. The smallest absolute Gasteiger partial charge is 0.243 e. The Hall–Kier alpha value is -2.25. The number of amides is 1. The summed E-state index contributed by atoms with van der Waals surface area (Å²) >= 11 is 0. The molecule has 8 heteroatoms. The van der Waals surface area contributed by atoms with Gasteiger partial charge in [-0.25, -0.2) is 13.2 Å². The molecule has 5 nitrogen and oxygen atoms in total. The highest BCUT2D eigenvalue weighted by molar-refractivity contribution is 5.95. The second kappa shape index (κ2) is 7.15. The molecular weight excluding hydrogens is 297 g/mol. The molecule has 0 saturated carbocycles. The molecule has 0 atom stereocenters. The molecule has 1 aromatic carbocycles. The molecule has 0 aromatic heterocycles. The molecule has 1 rings (SSSR count). The molecule has 0 saturated heterocycles. The van der Waals surface area contributed by atoms with Crippen molar-refractivity contribution in [2.24, 2.45) is 4.99 Å². The van der Waals surface area contributed by atoms with E-state index in [9.17, 15) is 18.0 Å². The summed E-state index contributed by atoms with van der Waals surface area (Å²) in [7, 11) is 1.54. The van der Waals surface area contributed by atoms with Gasteiger partial charge in [-0.3, -0.25) is 9.79 Å². The zero-order valence-electron chi connectivity index (χ0n) is 12.9. The van der Waals surface area contributed by atoms with Gasteiger partial charge in [-0.2, -0.15) is 0 Å². The summed E-state index contributed by atoms with van der Waals surface area (Å²) in [6, 6.07) is 1.69. The van der Waals surface area contributed by atoms with Gasteiger partial charge in [0.05, 0.1) is 12.2 Å². The number of guanidine groups is 1. The third kappa shape index (κ3) is 5.27. The number of hydrogen-bond acceptors (Lipinski definition) is 2. The van der Waals surface area contributed by atoms with Crippen molar-refractivity contribution in [2.75, 3.05) is 18.9 Å². The Balaban J connectivity index is 2.62. The minimum atomic E-state index is -1.63. The maximum Gasteiger partial charge on any atom is 0.243 e. The van der Waals surface area contributed by atoms with E-state index in [-0.39, 0.29) is 12.1 Å². The van der Waals surface area contributed by atoms with Crippen LogP contribution >= 0.6 is 0 Å². The number of rotatable bonds is 3. The van der Waals surface area contributed by atoms with Crippen molar-refractivity contribution < 1.29 is 18.0 Å². The molecule has 1 aromatic rings. The third-order valence-electron chi connectivity index (χ3n) is 2.44. The Morgan fingerprint density at radius 1 is 1.18 bits per heavy atom. The number of hydrogen-bond donors (Lipinski definition) is 3. The first-order chi connectivity index (χ1) is 10.1. The van der Waals surface area contributed by atoms with Crippen LogP contribution in [-0.4, -0.2) is 31.0 Å². The van der Waals surface area contributed by atoms with Gasteiger partial charge in [-0.15, -0.1) is 0 Å². The molecule has 22 heavy (non-hydrogen) atoms. The van der Waals surface area contributed by atoms with Gasteiger partial charge in [0.2, 0.25) is 5.91 Å². The van der Waals surface area contributed by atoms with Crippen LogP contribution in [0.2, 0.25) is 0 Å². The van der Waals surface area contributed by atoms with Crippen LogP contribution in [0, 0.1) is 17.5 Å². The van der Waals surface area contributed by atoms with E-state index in [1.807, 2.05) is 20.8 Å². The third-order valence-corrected chi connectivity index (χ3v) is 2.44. The van der Waals surface area contributed by atoms with Crippen LogP contribution in [0.3, 0.4) is 0 Å². The van der Waals surface area contributed by atoms with Crippen molar-refractivity contribution >= 4 is 17.6 Å². The highest BCUT2D eigenvalue weighted by atomic mass is 19.2. The van der Waals surface area contributed by atoms with Crippen LogP contribution in [0.15, 0.2) is 17.1 Å². The molecule has 0 fully saturated rings. The zero-order valence-corrected chi connectivity index (χ0v) is 12.9. The molecule has 0 bridgehead atoms. The number of carbonyl (C=O) groups excluding carboxylic acids is 1. The normalized spacial score (nSPS) is 12.0. The lowest BCUT2D eigenvalue weighted by atomic mass is 10.1. The quantitative estimate of drug-likeness (QED) is 0.454. The van der Waals surface area contributed by atoms with Crippen LogP contribution < -0.4 is 16.0 Å². The second-order valence-electron chi connectivity index (χ2n) is 5.57. The lowest BCUT2D eigenvalue weighted by Gasteiger charge is -2.23. The van der Waals surface area contributed by atoms with E-state index in [1.54, 1.807) is 0 Å². The van der Waals surface area contributed by atoms with Crippen molar-refractivity contribution in [3.8, 4) is 0 Å². The Kier molecular flexibility index (Phi) is 5.78. The lowest BCUT2D eigenvalue weighted by molar-refractivity contribution is -0.115. The first-order valence-corrected chi connectivity index (χ1v) is 6.56. The van der Waals surface area contributed by atoms with Gasteiger partial charge in [0.1, 0.15) is 0 Å². The molecule has 0 heterocycles. The van der Waals surface area contributed by atoms with Crippen molar-refractivity contribution in [2.45, 2.75) is 26.3 Å². The van der Waals surface area contributed by atoms with Gasteiger partial charge < -0.3 is 16.0 Å². The summed E-state index contributed by atoms with van der Waals surface area (Å²) in [6.45, 7) is 5.53. The van der Waals surface area contributed by atoms with Gasteiger partial charge in [0.15, 0.2) is 23.4 Å². The number of anilines is 1. The topological polar surface area (TPSA) is 65.5 Å². The van der Waals surface area contributed by atoms with E-state index in [0.29, 0.717) is 5.96 Å².